The highest BCUT2D eigenvalue weighted by atomic mass is 19.1. The number of hydrogen-bond acceptors (Lipinski definition) is 4. The Hall–Kier alpha value is -2.34. The molecule has 30 heavy (non-hydrogen) atoms. The maximum Gasteiger partial charge on any atom is 0.274 e. The Kier molecular flexibility index (Phi) is 6.42. The van der Waals surface area contributed by atoms with Crippen LogP contribution in [0.2, 0.25) is 0 Å². The van der Waals surface area contributed by atoms with Gasteiger partial charge in [-0.25, -0.2) is 9.37 Å². The van der Waals surface area contributed by atoms with Crippen LogP contribution >= 0.6 is 0 Å². The summed E-state index contributed by atoms with van der Waals surface area (Å²) in [5.41, 5.74) is 8.69. The number of nitrogens with one attached hydrogen (secondary N) is 1. The third-order valence-corrected chi connectivity index (χ3v) is 6.62. The van der Waals surface area contributed by atoms with Gasteiger partial charge in [0, 0.05) is 18.2 Å². The second-order valence-corrected chi connectivity index (χ2v) is 9.08. The van der Waals surface area contributed by atoms with Gasteiger partial charge in [-0.1, -0.05) is 26.2 Å². The molecule has 3 unspecified atom stereocenters. The fourth-order valence-electron chi connectivity index (χ4n) is 5.21. The third kappa shape index (κ3) is 4.69. The summed E-state index contributed by atoms with van der Waals surface area (Å²) in [6.07, 6.45) is 11.6. The van der Waals surface area contributed by atoms with Gasteiger partial charge in [0.1, 0.15) is 11.5 Å². The van der Waals surface area contributed by atoms with Crippen LogP contribution in [-0.4, -0.2) is 21.9 Å². The minimum atomic E-state index is -0.325. The number of pyridine rings is 2. The molecule has 2 aliphatic rings. The first-order valence-electron chi connectivity index (χ1n) is 11.2. The van der Waals surface area contributed by atoms with Crippen molar-refractivity contribution in [2.45, 2.75) is 76.2 Å². The van der Waals surface area contributed by atoms with E-state index in [-0.39, 0.29) is 29.4 Å². The van der Waals surface area contributed by atoms with Crippen molar-refractivity contribution in [3.63, 3.8) is 0 Å². The first kappa shape index (κ1) is 20.9. The summed E-state index contributed by atoms with van der Waals surface area (Å²) in [5, 5.41) is 2.98. The molecule has 0 saturated heterocycles. The largest absolute Gasteiger partial charge is 0.328 e. The number of amides is 1. The molecule has 5 nitrogen and oxygen atoms in total. The van der Waals surface area contributed by atoms with E-state index in [0.717, 1.165) is 50.5 Å². The Balaban J connectivity index is 1.55. The van der Waals surface area contributed by atoms with Crippen molar-refractivity contribution >= 4 is 11.6 Å². The Bertz CT molecular complexity index is 887. The number of aromatic nitrogens is 2. The summed E-state index contributed by atoms with van der Waals surface area (Å²) in [6, 6.07) is 4.98. The van der Waals surface area contributed by atoms with Crippen molar-refractivity contribution in [1.29, 1.82) is 0 Å². The molecule has 0 spiro atoms. The molecule has 3 N–H and O–H groups in total. The number of rotatable bonds is 4. The summed E-state index contributed by atoms with van der Waals surface area (Å²) < 4.78 is 14.4. The first-order valence-corrected chi connectivity index (χ1v) is 11.2. The number of hydrogen-bond donors (Lipinski definition) is 2. The predicted molar refractivity (Wildman–Crippen MR) is 116 cm³/mol. The molecule has 6 heteroatoms. The Labute approximate surface area is 177 Å². The van der Waals surface area contributed by atoms with E-state index >= 15 is 0 Å². The number of halogens is 1. The van der Waals surface area contributed by atoms with E-state index in [0.29, 0.717) is 23.2 Å². The highest BCUT2D eigenvalue weighted by Crippen LogP contribution is 2.38. The first-order chi connectivity index (χ1) is 14.5. The molecule has 2 saturated carbocycles. The summed E-state index contributed by atoms with van der Waals surface area (Å²) >= 11 is 0. The molecular weight excluding hydrogens is 379 g/mol. The van der Waals surface area contributed by atoms with Crippen LogP contribution in [0.1, 0.15) is 91.9 Å². The Morgan fingerprint density at radius 2 is 1.90 bits per heavy atom. The fraction of sp³-hybridized carbons (Fsp3) is 0.542. The van der Waals surface area contributed by atoms with E-state index in [1.807, 2.05) is 6.07 Å². The van der Waals surface area contributed by atoms with Crippen molar-refractivity contribution in [3.8, 4) is 0 Å². The van der Waals surface area contributed by atoms with Crippen LogP contribution in [0.15, 0.2) is 30.6 Å². The number of carbonyl (C=O) groups excluding carboxylic acids is 1. The lowest BCUT2D eigenvalue weighted by atomic mass is 9.76. The quantitative estimate of drug-likeness (QED) is 0.731. The van der Waals surface area contributed by atoms with Crippen molar-refractivity contribution in [1.82, 2.24) is 9.97 Å². The van der Waals surface area contributed by atoms with Gasteiger partial charge in [-0.3, -0.25) is 9.78 Å². The highest BCUT2D eigenvalue weighted by molar-refractivity contribution is 6.03. The molecule has 2 aromatic heterocycles. The molecular formula is C24H31FN4O. The minimum Gasteiger partial charge on any atom is -0.328 e. The van der Waals surface area contributed by atoms with Gasteiger partial charge in [0.05, 0.1) is 17.6 Å². The van der Waals surface area contributed by atoms with Gasteiger partial charge in [-0.15, -0.1) is 0 Å². The van der Waals surface area contributed by atoms with E-state index in [1.54, 1.807) is 12.4 Å². The third-order valence-electron chi connectivity index (χ3n) is 6.62. The number of nitrogens with zero attached hydrogens (tertiary/aromatic N) is 2. The standard InChI is InChI=1S/C24H31FN4O/c1-15-11-17(13-18(26)12-15)19-9-10-27-14-22(19)29-24(30)21-8-7-20(25)23(28-21)16-5-3-2-4-6-16/h7-10,14-18H,2-6,11-13,26H2,1H3,(H,29,30). The van der Waals surface area contributed by atoms with Crippen molar-refractivity contribution in [2.75, 3.05) is 5.32 Å². The van der Waals surface area contributed by atoms with E-state index < -0.39 is 0 Å². The van der Waals surface area contributed by atoms with Gasteiger partial charge in [-0.2, -0.15) is 0 Å². The zero-order valence-electron chi connectivity index (χ0n) is 17.6. The summed E-state index contributed by atoms with van der Waals surface area (Å²) in [4.78, 5) is 21.6. The average molecular weight is 411 g/mol. The van der Waals surface area contributed by atoms with Crippen LogP contribution in [-0.2, 0) is 0 Å². The second kappa shape index (κ2) is 9.21. The molecule has 0 bridgehead atoms. The molecule has 2 fully saturated rings. The fourth-order valence-corrected chi connectivity index (χ4v) is 5.21. The normalized spacial score (nSPS) is 25.1. The van der Waals surface area contributed by atoms with Crippen molar-refractivity contribution in [2.24, 2.45) is 11.7 Å². The van der Waals surface area contributed by atoms with E-state index in [4.69, 9.17) is 5.73 Å². The Morgan fingerprint density at radius 1 is 1.10 bits per heavy atom. The summed E-state index contributed by atoms with van der Waals surface area (Å²) in [5.74, 6) is 0.305. The maximum absolute atomic E-state index is 14.4. The van der Waals surface area contributed by atoms with Crippen LogP contribution in [0, 0.1) is 11.7 Å². The van der Waals surface area contributed by atoms with Crippen molar-refractivity contribution < 1.29 is 9.18 Å². The number of anilines is 1. The molecule has 0 aromatic carbocycles. The lowest BCUT2D eigenvalue weighted by molar-refractivity contribution is 0.102. The minimum absolute atomic E-state index is 0.102. The van der Waals surface area contributed by atoms with Gasteiger partial charge >= 0.3 is 0 Å². The smallest absolute Gasteiger partial charge is 0.274 e. The Morgan fingerprint density at radius 3 is 2.67 bits per heavy atom. The van der Waals surface area contributed by atoms with Gasteiger partial charge in [0.2, 0.25) is 0 Å². The van der Waals surface area contributed by atoms with Crippen molar-refractivity contribution in [3.05, 3.63) is 53.4 Å². The topological polar surface area (TPSA) is 80.9 Å². The monoisotopic (exact) mass is 410 g/mol. The van der Waals surface area contributed by atoms with Crippen LogP contribution < -0.4 is 11.1 Å². The molecule has 2 heterocycles. The molecule has 1 amide bonds. The van der Waals surface area contributed by atoms with Gasteiger partial charge < -0.3 is 11.1 Å². The SMILES string of the molecule is CC1CC(N)CC(c2ccncc2NC(=O)c2ccc(F)c(C3CCCCC3)n2)C1. The molecule has 0 aliphatic heterocycles. The predicted octanol–water partition coefficient (Wildman–Crippen LogP) is 5.15. The lowest BCUT2D eigenvalue weighted by Crippen LogP contribution is -2.31. The van der Waals surface area contributed by atoms with E-state index in [9.17, 15) is 9.18 Å². The van der Waals surface area contributed by atoms with Crippen LogP contribution in [0.25, 0.3) is 0 Å². The zero-order valence-corrected chi connectivity index (χ0v) is 17.6. The molecule has 2 aromatic rings. The van der Waals surface area contributed by atoms with E-state index in [2.05, 4.69) is 22.2 Å². The van der Waals surface area contributed by atoms with Gasteiger partial charge in [0.25, 0.3) is 5.91 Å². The van der Waals surface area contributed by atoms with Crippen LogP contribution in [0.5, 0.6) is 0 Å². The van der Waals surface area contributed by atoms with E-state index in [1.165, 1.54) is 18.6 Å². The average Bonchev–Trinajstić information content (AvgIpc) is 2.74. The lowest BCUT2D eigenvalue weighted by Gasteiger charge is -2.32. The molecule has 2 aliphatic carbocycles. The van der Waals surface area contributed by atoms with Gasteiger partial charge in [0.15, 0.2) is 0 Å². The highest BCUT2D eigenvalue weighted by Gasteiger charge is 2.28. The summed E-state index contributed by atoms with van der Waals surface area (Å²) in [7, 11) is 0. The summed E-state index contributed by atoms with van der Waals surface area (Å²) in [6.45, 7) is 2.22. The molecule has 4 rings (SSSR count). The van der Waals surface area contributed by atoms with Gasteiger partial charge in [-0.05, 0) is 67.7 Å². The number of carbonyl (C=O) groups is 1. The van der Waals surface area contributed by atoms with Crippen LogP contribution in [0.3, 0.4) is 0 Å². The molecule has 3 atom stereocenters. The molecule has 0 radical (unpaired) electrons. The van der Waals surface area contributed by atoms with Crippen LogP contribution in [0.4, 0.5) is 10.1 Å². The maximum atomic E-state index is 14.4. The molecule has 160 valence electrons. The zero-order chi connectivity index (χ0) is 21.1. The second-order valence-electron chi connectivity index (χ2n) is 9.08. The number of nitrogens with two attached hydrogens (primary N) is 1.